The second kappa shape index (κ2) is 6.99. The van der Waals surface area contributed by atoms with E-state index in [0.29, 0.717) is 18.9 Å². The predicted octanol–water partition coefficient (Wildman–Crippen LogP) is 3.46. The lowest BCUT2D eigenvalue weighted by Gasteiger charge is -2.14. The number of phenols is 1. The fourth-order valence-electron chi connectivity index (χ4n) is 2.16. The van der Waals surface area contributed by atoms with Crippen LogP contribution in [0.3, 0.4) is 0 Å². The lowest BCUT2D eigenvalue weighted by Crippen LogP contribution is -2.04. The summed E-state index contributed by atoms with van der Waals surface area (Å²) < 4.78 is 5.37. The van der Waals surface area contributed by atoms with Crippen LogP contribution in [-0.4, -0.2) is 16.8 Å². The Kier molecular flexibility index (Phi) is 5.06. The number of aliphatic hydroxyl groups excluding tert-OH is 1. The van der Waals surface area contributed by atoms with Crippen LogP contribution in [0.25, 0.3) is 0 Å². The van der Waals surface area contributed by atoms with Crippen molar-refractivity contribution in [3.8, 4) is 11.5 Å². The van der Waals surface area contributed by atoms with Gasteiger partial charge in [0.25, 0.3) is 0 Å². The van der Waals surface area contributed by atoms with E-state index >= 15 is 0 Å². The van der Waals surface area contributed by atoms with Crippen LogP contribution in [0.1, 0.15) is 31.1 Å². The first-order valence-corrected chi connectivity index (χ1v) is 7.07. The molecular formula is C17H21NO3. The van der Waals surface area contributed by atoms with E-state index in [0.717, 1.165) is 16.8 Å². The summed E-state index contributed by atoms with van der Waals surface area (Å²) >= 11 is 0. The summed E-state index contributed by atoms with van der Waals surface area (Å²) in [6, 6.07) is 13.0. The van der Waals surface area contributed by atoms with E-state index in [-0.39, 0.29) is 5.75 Å². The van der Waals surface area contributed by atoms with Crippen molar-refractivity contribution >= 4 is 5.69 Å². The van der Waals surface area contributed by atoms with Crippen molar-refractivity contribution in [2.24, 2.45) is 0 Å². The van der Waals surface area contributed by atoms with Crippen molar-refractivity contribution < 1.29 is 14.9 Å². The lowest BCUT2D eigenvalue weighted by atomic mass is 10.1. The van der Waals surface area contributed by atoms with Crippen LogP contribution in [0.4, 0.5) is 5.69 Å². The minimum Gasteiger partial charge on any atom is -0.504 e. The molecule has 4 nitrogen and oxygen atoms in total. The zero-order valence-corrected chi connectivity index (χ0v) is 12.3. The van der Waals surface area contributed by atoms with Gasteiger partial charge in [-0.25, -0.2) is 0 Å². The molecule has 2 aromatic rings. The van der Waals surface area contributed by atoms with Gasteiger partial charge in [-0.1, -0.05) is 24.3 Å². The largest absolute Gasteiger partial charge is 0.504 e. The zero-order chi connectivity index (χ0) is 15.2. The molecule has 0 heterocycles. The monoisotopic (exact) mass is 287 g/mol. The molecule has 0 aromatic heterocycles. The van der Waals surface area contributed by atoms with E-state index in [4.69, 9.17) is 4.74 Å². The van der Waals surface area contributed by atoms with E-state index in [9.17, 15) is 10.2 Å². The molecule has 4 heteroatoms. The van der Waals surface area contributed by atoms with Gasteiger partial charge in [-0.3, -0.25) is 0 Å². The molecule has 0 saturated carbocycles. The number of rotatable bonds is 6. The maximum Gasteiger partial charge on any atom is 0.161 e. The Morgan fingerprint density at radius 1 is 1.19 bits per heavy atom. The van der Waals surface area contributed by atoms with Crippen molar-refractivity contribution in [1.82, 2.24) is 0 Å². The van der Waals surface area contributed by atoms with Gasteiger partial charge in [-0.05, 0) is 37.6 Å². The molecule has 0 spiro atoms. The SMILES string of the molecule is CCOc1cc(CNc2ccccc2C(C)O)ccc1O. The van der Waals surface area contributed by atoms with Crippen LogP contribution in [0.2, 0.25) is 0 Å². The molecule has 0 saturated heterocycles. The van der Waals surface area contributed by atoms with Gasteiger partial charge >= 0.3 is 0 Å². The number of para-hydroxylation sites is 1. The molecule has 21 heavy (non-hydrogen) atoms. The molecule has 0 aliphatic carbocycles. The van der Waals surface area contributed by atoms with Gasteiger partial charge in [0.2, 0.25) is 0 Å². The van der Waals surface area contributed by atoms with E-state index < -0.39 is 6.10 Å². The molecule has 3 N–H and O–H groups in total. The van der Waals surface area contributed by atoms with Crippen LogP contribution in [-0.2, 0) is 6.54 Å². The number of benzene rings is 2. The van der Waals surface area contributed by atoms with Crippen LogP contribution in [0, 0.1) is 0 Å². The number of nitrogens with one attached hydrogen (secondary N) is 1. The topological polar surface area (TPSA) is 61.7 Å². The zero-order valence-electron chi connectivity index (χ0n) is 12.3. The Bertz CT molecular complexity index is 596. The van der Waals surface area contributed by atoms with Gasteiger partial charge < -0.3 is 20.3 Å². The molecule has 0 fully saturated rings. The number of phenolic OH excluding ortho intramolecular Hbond substituents is 1. The third-order valence-corrected chi connectivity index (χ3v) is 3.22. The first-order chi connectivity index (χ1) is 10.1. The molecule has 1 atom stereocenters. The van der Waals surface area contributed by atoms with Crippen LogP contribution >= 0.6 is 0 Å². The van der Waals surface area contributed by atoms with Crippen LogP contribution in [0.15, 0.2) is 42.5 Å². The minimum absolute atomic E-state index is 0.144. The summed E-state index contributed by atoms with van der Waals surface area (Å²) in [7, 11) is 0. The second-order valence-electron chi connectivity index (χ2n) is 4.85. The smallest absolute Gasteiger partial charge is 0.161 e. The molecule has 2 aromatic carbocycles. The molecule has 0 aliphatic heterocycles. The summed E-state index contributed by atoms with van der Waals surface area (Å²) in [5, 5.41) is 22.8. The van der Waals surface area contributed by atoms with Gasteiger partial charge in [0.1, 0.15) is 0 Å². The summed E-state index contributed by atoms with van der Waals surface area (Å²) in [4.78, 5) is 0. The van der Waals surface area contributed by atoms with Crippen molar-refractivity contribution in [2.45, 2.75) is 26.5 Å². The molecule has 0 aliphatic rings. The predicted molar refractivity (Wildman–Crippen MR) is 83.7 cm³/mol. The average Bonchev–Trinajstić information content (AvgIpc) is 2.48. The third-order valence-electron chi connectivity index (χ3n) is 3.22. The first kappa shape index (κ1) is 15.2. The highest BCUT2D eigenvalue weighted by Gasteiger charge is 2.08. The Hall–Kier alpha value is -2.20. The first-order valence-electron chi connectivity index (χ1n) is 7.07. The van der Waals surface area contributed by atoms with Crippen LogP contribution in [0.5, 0.6) is 11.5 Å². The number of aliphatic hydroxyl groups is 1. The summed E-state index contributed by atoms with van der Waals surface area (Å²) in [6.45, 7) is 4.72. The summed E-state index contributed by atoms with van der Waals surface area (Å²) in [5.74, 6) is 0.630. The van der Waals surface area contributed by atoms with Gasteiger partial charge in [0, 0.05) is 17.8 Å². The van der Waals surface area contributed by atoms with Gasteiger partial charge in [0.05, 0.1) is 12.7 Å². The van der Waals surface area contributed by atoms with Crippen molar-refractivity contribution in [3.63, 3.8) is 0 Å². The Morgan fingerprint density at radius 3 is 2.67 bits per heavy atom. The third kappa shape index (κ3) is 3.89. The Balaban J connectivity index is 2.11. The maximum absolute atomic E-state index is 9.76. The summed E-state index contributed by atoms with van der Waals surface area (Å²) in [6.07, 6.45) is -0.521. The van der Waals surface area contributed by atoms with E-state index in [1.54, 1.807) is 13.0 Å². The van der Waals surface area contributed by atoms with Crippen LogP contribution < -0.4 is 10.1 Å². The second-order valence-corrected chi connectivity index (χ2v) is 4.85. The lowest BCUT2D eigenvalue weighted by molar-refractivity contribution is 0.200. The number of anilines is 1. The number of hydrogen-bond donors (Lipinski definition) is 3. The Labute approximate surface area is 125 Å². The van der Waals surface area contributed by atoms with Crippen molar-refractivity contribution in [3.05, 3.63) is 53.6 Å². The molecule has 0 bridgehead atoms. The molecule has 2 rings (SSSR count). The highest BCUT2D eigenvalue weighted by Crippen LogP contribution is 2.28. The number of ether oxygens (including phenoxy) is 1. The highest BCUT2D eigenvalue weighted by molar-refractivity contribution is 5.53. The fraction of sp³-hybridized carbons (Fsp3) is 0.294. The normalized spacial score (nSPS) is 12.0. The minimum atomic E-state index is -0.521. The van der Waals surface area contributed by atoms with Gasteiger partial charge in [0.15, 0.2) is 11.5 Å². The fourth-order valence-corrected chi connectivity index (χ4v) is 2.16. The molecule has 0 radical (unpaired) electrons. The molecular weight excluding hydrogens is 266 g/mol. The standard InChI is InChI=1S/C17H21NO3/c1-3-21-17-10-13(8-9-16(17)20)11-18-15-7-5-4-6-14(15)12(2)19/h4-10,12,18-20H,3,11H2,1-2H3. The number of aromatic hydroxyl groups is 1. The molecule has 112 valence electrons. The highest BCUT2D eigenvalue weighted by atomic mass is 16.5. The summed E-state index contributed by atoms with van der Waals surface area (Å²) in [5.41, 5.74) is 2.76. The quantitative estimate of drug-likeness (QED) is 0.761. The van der Waals surface area contributed by atoms with E-state index in [1.165, 1.54) is 0 Å². The molecule has 1 unspecified atom stereocenters. The van der Waals surface area contributed by atoms with Gasteiger partial charge in [-0.15, -0.1) is 0 Å². The maximum atomic E-state index is 9.76. The van der Waals surface area contributed by atoms with Gasteiger partial charge in [-0.2, -0.15) is 0 Å². The van der Waals surface area contributed by atoms with Crippen molar-refractivity contribution in [2.75, 3.05) is 11.9 Å². The average molecular weight is 287 g/mol. The van der Waals surface area contributed by atoms with Crippen molar-refractivity contribution in [1.29, 1.82) is 0 Å². The van der Waals surface area contributed by atoms with E-state index in [1.807, 2.05) is 43.3 Å². The van der Waals surface area contributed by atoms with E-state index in [2.05, 4.69) is 5.32 Å². The molecule has 0 amide bonds. The number of hydrogen-bond acceptors (Lipinski definition) is 4. The Morgan fingerprint density at radius 2 is 1.95 bits per heavy atom.